The average Bonchev–Trinajstić information content (AvgIpc) is 2.42. The molecular formula is C16H27N3O2. The average molecular weight is 293 g/mol. The maximum Gasteiger partial charge on any atom is 0.407 e. The first kappa shape index (κ1) is 17.3. The normalized spacial score (nSPS) is 12.6. The lowest BCUT2D eigenvalue weighted by Crippen LogP contribution is -2.41. The molecule has 1 aromatic rings. The predicted octanol–water partition coefficient (Wildman–Crippen LogP) is 2.36. The summed E-state index contributed by atoms with van der Waals surface area (Å²) in [4.78, 5) is 13.7. The van der Waals surface area contributed by atoms with Gasteiger partial charge in [0.05, 0.1) is 0 Å². The Hall–Kier alpha value is -1.75. The predicted molar refractivity (Wildman–Crippen MR) is 86.5 cm³/mol. The van der Waals surface area contributed by atoms with Crippen LogP contribution in [0.1, 0.15) is 27.2 Å². The van der Waals surface area contributed by atoms with Crippen LogP contribution in [0.3, 0.4) is 0 Å². The number of anilines is 1. The van der Waals surface area contributed by atoms with Crippen molar-refractivity contribution < 1.29 is 9.53 Å². The van der Waals surface area contributed by atoms with Gasteiger partial charge in [-0.3, -0.25) is 0 Å². The molecule has 0 aromatic heterocycles. The van der Waals surface area contributed by atoms with Crippen molar-refractivity contribution in [3.8, 4) is 0 Å². The van der Waals surface area contributed by atoms with E-state index < -0.39 is 5.60 Å². The van der Waals surface area contributed by atoms with Crippen LogP contribution in [0.25, 0.3) is 0 Å². The topological polar surface area (TPSA) is 67.6 Å². The number of carbonyl (C=O) groups excluding carboxylic acids is 1. The van der Waals surface area contributed by atoms with E-state index in [0.29, 0.717) is 13.1 Å². The third-order valence-electron chi connectivity index (χ3n) is 3.13. The summed E-state index contributed by atoms with van der Waals surface area (Å²) in [6.07, 6.45) is 0.377. The Labute approximate surface area is 127 Å². The molecule has 1 amide bonds. The molecule has 1 unspecified atom stereocenters. The summed E-state index contributed by atoms with van der Waals surface area (Å²) in [6, 6.07) is 10.2. The number of nitrogens with one attached hydrogen (secondary N) is 1. The van der Waals surface area contributed by atoms with E-state index in [1.54, 1.807) is 0 Å². The minimum absolute atomic E-state index is 0.169. The number of benzene rings is 1. The third kappa shape index (κ3) is 6.49. The van der Waals surface area contributed by atoms with E-state index in [1.807, 2.05) is 58.2 Å². The van der Waals surface area contributed by atoms with Gasteiger partial charge in [-0.1, -0.05) is 18.2 Å². The first-order valence-electron chi connectivity index (χ1n) is 7.28. The number of hydrogen-bond acceptors (Lipinski definition) is 4. The molecule has 0 heterocycles. The number of likely N-dealkylation sites (N-methyl/N-ethyl adjacent to an activating group) is 1. The van der Waals surface area contributed by atoms with E-state index in [0.717, 1.165) is 12.1 Å². The molecule has 21 heavy (non-hydrogen) atoms. The van der Waals surface area contributed by atoms with Crippen LogP contribution in [0.15, 0.2) is 30.3 Å². The van der Waals surface area contributed by atoms with Gasteiger partial charge in [0.15, 0.2) is 0 Å². The van der Waals surface area contributed by atoms with Crippen molar-refractivity contribution in [1.82, 2.24) is 5.32 Å². The summed E-state index contributed by atoms with van der Waals surface area (Å²) < 4.78 is 5.20. The molecule has 5 nitrogen and oxygen atoms in total. The highest BCUT2D eigenvalue weighted by atomic mass is 16.6. The Balaban J connectivity index is 2.43. The summed E-state index contributed by atoms with van der Waals surface area (Å²) in [5.41, 5.74) is 6.49. The van der Waals surface area contributed by atoms with Crippen molar-refractivity contribution in [2.24, 2.45) is 5.73 Å². The summed E-state index contributed by atoms with van der Waals surface area (Å²) in [6.45, 7) is 6.60. The molecule has 0 aliphatic carbocycles. The van der Waals surface area contributed by atoms with E-state index in [2.05, 4.69) is 10.2 Å². The molecule has 3 N–H and O–H groups in total. The van der Waals surface area contributed by atoms with Crippen molar-refractivity contribution >= 4 is 11.8 Å². The van der Waals surface area contributed by atoms with Gasteiger partial charge >= 0.3 is 6.09 Å². The maximum absolute atomic E-state index is 11.6. The molecule has 0 radical (unpaired) electrons. The molecule has 1 atom stereocenters. The monoisotopic (exact) mass is 293 g/mol. The Bertz CT molecular complexity index is 429. The van der Waals surface area contributed by atoms with Crippen LogP contribution in [0.4, 0.5) is 10.5 Å². The van der Waals surface area contributed by atoms with Gasteiger partial charge in [0.1, 0.15) is 5.60 Å². The largest absolute Gasteiger partial charge is 0.444 e. The Morgan fingerprint density at radius 2 is 1.95 bits per heavy atom. The molecule has 0 spiro atoms. The highest BCUT2D eigenvalue weighted by Crippen LogP contribution is 2.15. The molecule has 1 rings (SSSR count). The minimum atomic E-state index is -0.474. The fraction of sp³-hybridized carbons (Fsp3) is 0.562. The Morgan fingerprint density at radius 3 is 2.48 bits per heavy atom. The van der Waals surface area contributed by atoms with Gasteiger partial charge in [-0.15, -0.1) is 0 Å². The van der Waals surface area contributed by atoms with E-state index in [1.165, 1.54) is 0 Å². The van der Waals surface area contributed by atoms with Crippen molar-refractivity contribution in [2.75, 3.05) is 25.0 Å². The smallest absolute Gasteiger partial charge is 0.407 e. The second kappa shape index (κ2) is 7.88. The van der Waals surface area contributed by atoms with Crippen LogP contribution in [0, 0.1) is 0 Å². The first-order chi connectivity index (χ1) is 9.83. The maximum atomic E-state index is 11.6. The minimum Gasteiger partial charge on any atom is -0.444 e. The number of alkyl carbamates (subject to hydrolysis) is 1. The lowest BCUT2D eigenvalue weighted by Gasteiger charge is -2.29. The molecule has 0 bridgehead atoms. The van der Waals surface area contributed by atoms with Crippen molar-refractivity contribution in [3.63, 3.8) is 0 Å². The van der Waals surface area contributed by atoms with Gasteiger partial charge in [0.2, 0.25) is 0 Å². The van der Waals surface area contributed by atoms with Crippen LogP contribution >= 0.6 is 0 Å². The highest BCUT2D eigenvalue weighted by molar-refractivity contribution is 5.67. The number of nitrogens with zero attached hydrogens (tertiary/aromatic N) is 1. The molecular weight excluding hydrogens is 266 g/mol. The van der Waals surface area contributed by atoms with Crippen molar-refractivity contribution in [1.29, 1.82) is 0 Å². The molecule has 0 saturated heterocycles. The second-order valence-electron chi connectivity index (χ2n) is 6.05. The van der Waals surface area contributed by atoms with Crippen LogP contribution in [-0.4, -0.2) is 37.9 Å². The number of rotatable bonds is 6. The molecule has 118 valence electrons. The lowest BCUT2D eigenvalue weighted by molar-refractivity contribution is 0.0526. The van der Waals surface area contributed by atoms with Gasteiger partial charge in [0.25, 0.3) is 0 Å². The number of ether oxygens (including phenoxy) is 1. The second-order valence-corrected chi connectivity index (χ2v) is 6.05. The summed E-state index contributed by atoms with van der Waals surface area (Å²) in [5, 5.41) is 2.77. The fourth-order valence-corrected chi connectivity index (χ4v) is 2.00. The molecule has 0 saturated carbocycles. The standard InChI is InChI=1S/C16H27N3O2/c1-16(2,3)21-15(20)18-11-10-14(12-17)19(4)13-8-6-5-7-9-13/h5-9,14H,10-12,17H2,1-4H3,(H,18,20). The number of para-hydroxylation sites is 1. The summed E-state index contributed by atoms with van der Waals surface area (Å²) >= 11 is 0. The summed E-state index contributed by atoms with van der Waals surface area (Å²) in [7, 11) is 2.01. The lowest BCUT2D eigenvalue weighted by atomic mass is 10.1. The van der Waals surface area contributed by atoms with Crippen molar-refractivity contribution in [3.05, 3.63) is 30.3 Å². The number of carbonyl (C=O) groups is 1. The van der Waals surface area contributed by atoms with E-state index in [-0.39, 0.29) is 12.1 Å². The van der Waals surface area contributed by atoms with Gasteiger partial charge in [-0.05, 0) is 39.3 Å². The van der Waals surface area contributed by atoms with E-state index >= 15 is 0 Å². The number of nitrogens with two attached hydrogens (primary N) is 1. The molecule has 1 aromatic carbocycles. The third-order valence-corrected chi connectivity index (χ3v) is 3.13. The zero-order valence-corrected chi connectivity index (χ0v) is 13.4. The summed E-state index contributed by atoms with van der Waals surface area (Å²) in [5.74, 6) is 0. The zero-order valence-electron chi connectivity index (χ0n) is 13.4. The SMILES string of the molecule is CN(c1ccccc1)C(CN)CCNC(=O)OC(C)(C)C. The number of amides is 1. The quantitative estimate of drug-likeness (QED) is 0.845. The van der Waals surface area contributed by atoms with E-state index in [4.69, 9.17) is 10.5 Å². The Morgan fingerprint density at radius 1 is 1.33 bits per heavy atom. The highest BCUT2D eigenvalue weighted by Gasteiger charge is 2.17. The van der Waals surface area contributed by atoms with Crippen LogP contribution in [-0.2, 0) is 4.74 Å². The van der Waals surface area contributed by atoms with Gasteiger partial charge in [-0.25, -0.2) is 4.79 Å². The van der Waals surface area contributed by atoms with Gasteiger partial charge < -0.3 is 20.7 Å². The number of hydrogen-bond donors (Lipinski definition) is 2. The molecule has 0 aliphatic rings. The van der Waals surface area contributed by atoms with Crippen LogP contribution < -0.4 is 16.0 Å². The van der Waals surface area contributed by atoms with Crippen molar-refractivity contribution in [2.45, 2.75) is 38.8 Å². The van der Waals surface area contributed by atoms with Crippen LogP contribution in [0.2, 0.25) is 0 Å². The van der Waals surface area contributed by atoms with Crippen LogP contribution in [0.5, 0.6) is 0 Å². The van der Waals surface area contributed by atoms with Gasteiger partial charge in [-0.2, -0.15) is 0 Å². The first-order valence-corrected chi connectivity index (χ1v) is 7.28. The fourth-order valence-electron chi connectivity index (χ4n) is 2.00. The zero-order chi connectivity index (χ0) is 15.9. The van der Waals surface area contributed by atoms with Gasteiger partial charge in [0, 0.05) is 31.9 Å². The molecule has 0 aliphatic heterocycles. The molecule has 5 heteroatoms. The van der Waals surface area contributed by atoms with E-state index in [9.17, 15) is 4.79 Å². The molecule has 0 fully saturated rings. The Kier molecular flexibility index (Phi) is 6.49.